The van der Waals surface area contributed by atoms with Gasteiger partial charge in [-0.05, 0) is 62.0 Å². The minimum Gasteiger partial charge on any atom is -0.506 e. The monoisotopic (exact) mass is 378 g/mol. The van der Waals surface area contributed by atoms with Crippen molar-refractivity contribution in [2.45, 2.75) is 25.9 Å². The van der Waals surface area contributed by atoms with E-state index in [2.05, 4.69) is 39.7 Å². The maximum absolute atomic E-state index is 10.3. The maximum atomic E-state index is 10.3. The molecule has 0 bridgehead atoms. The van der Waals surface area contributed by atoms with Crippen LogP contribution in [-0.4, -0.2) is 31.7 Å². The molecule has 2 atom stereocenters. The number of para-hydroxylation sites is 2. The molecule has 0 spiro atoms. The predicted octanol–water partition coefficient (Wildman–Crippen LogP) is 3.80. The van der Waals surface area contributed by atoms with Crippen LogP contribution in [0.15, 0.2) is 54.7 Å². The molecule has 5 nitrogen and oxygen atoms in total. The van der Waals surface area contributed by atoms with Crippen molar-refractivity contribution in [1.82, 2.24) is 19.8 Å². The van der Waals surface area contributed by atoms with Crippen LogP contribution in [0.2, 0.25) is 0 Å². The number of hydrogen-bond donors (Lipinski definition) is 2. The normalized spacial score (nSPS) is 19.4. The summed E-state index contributed by atoms with van der Waals surface area (Å²) in [5.41, 5.74) is 5.06. The first kappa shape index (κ1) is 17.5. The first-order valence-electron chi connectivity index (χ1n) is 8.90. The lowest BCUT2D eigenvalue weighted by Crippen LogP contribution is -2.25. The zero-order valence-corrected chi connectivity index (χ0v) is 16.4. The van der Waals surface area contributed by atoms with Crippen molar-refractivity contribution in [3.05, 3.63) is 77.4 Å². The lowest BCUT2D eigenvalue weighted by molar-refractivity contribution is 0.367. The second-order valence-electron chi connectivity index (χ2n) is 6.89. The van der Waals surface area contributed by atoms with E-state index in [1.807, 2.05) is 43.4 Å². The third-order valence-electron chi connectivity index (χ3n) is 5.25. The fourth-order valence-electron chi connectivity index (χ4n) is 3.96. The number of phenolic OH excluding ortho intramolecular Hbond substituents is 1. The maximum Gasteiger partial charge on any atom is 0.169 e. The van der Waals surface area contributed by atoms with Gasteiger partial charge in [0.25, 0.3) is 0 Å². The molecule has 1 aliphatic heterocycles. The van der Waals surface area contributed by atoms with Crippen molar-refractivity contribution in [3.63, 3.8) is 0 Å². The number of aromatic hydroxyl groups is 1. The molecule has 0 unspecified atom stereocenters. The van der Waals surface area contributed by atoms with Gasteiger partial charge in [0.1, 0.15) is 5.75 Å². The summed E-state index contributed by atoms with van der Waals surface area (Å²) in [6.45, 7) is 4.14. The highest BCUT2D eigenvalue weighted by molar-refractivity contribution is 7.80. The number of rotatable bonds is 3. The molecule has 1 aliphatic rings. The highest BCUT2D eigenvalue weighted by atomic mass is 32.1. The van der Waals surface area contributed by atoms with E-state index >= 15 is 0 Å². The third kappa shape index (κ3) is 2.86. The van der Waals surface area contributed by atoms with Gasteiger partial charge >= 0.3 is 0 Å². The van der Waals surface area contributed by atoms with Gasteiger partial charge in [-0.2, -0.15) is 0 Å². The fraction of sp³-hybridized carbons (Fsp3) is 0.238. The summed E-state index contributed by atoms with van der Waals surface area (Å²) in [5, 5.41) is 14.5. The number of aryl methyl sites for hydroxylation is 1. The summed E-state index contributed by atoms with van der Waals surface area (Å²) >= 11 is 5.53. The van der Waals surface area contributed by atoms with Gasteiger partial charge in [0.05, 0.1) is 23.5 Å². The van der Waals surface area contributed by atoms with Crippen LogP contribution >= 0.6 is 12.2 Å². The first-order valence-corrected chi connectivity index (χ1v) is 9.31. The lowest BCUT2D eigenvalue weighted by atomic mass is 9.97. The lowest BCUT2D eigenvalue weighted by Gasteiger charge is -2.24. The Morgan fingerprint density at radius 3 is 2.56 bits per heavy atom. The summed E-state index contributed by atoms with van der Waals surface area (Å²) in [5.74, 6) is 0.264. The number of aromatic nitrogens is 2. The van der Waals surface area contributed by atoms with Crippen molar-refractivity contribution >= 4 is 17.3 Å². The average molecular weight is 379 g/mol. The van der Waals surface area contributed by atoms with Crippen LogP contribution in [0, 0.1) is 13.8 Å². The van der Waals surface area contributed by atoms with Gasteiger partial charge in [0, 0.05) is 24.6 Å². The number of phenols is 1. The molecule has 0 saturated carbocycles. The Bertz CT molecular complexity index is 999. The second kappa shape index (κ2) is 6.70. The van der Waals surface area contributed by atoms with Crippen LogP contribution in [0.5, 0.6) is 5.75 Å². The zero-order valence-electron chi connectivity index (χ0n) is 15.5. The van der Waals surface area contributed by atoms with Gasteiger partial charge in [0.2, 0.25) is 0 Å². The molecule has 27 heavy (non-hydrogen) atoms. The van der Waals surface area contributed by atoms with Crippen LogP contribution < -0.4 is 5.32 Å². The summed E-state index contributed by atoms with van der Waals surface area (Å²) in [6, 6.07) is 15.5. The molecular formula is C21H22N4OS. The molecule has 4 rings (SSSR count). The topological polar surface area (TPSA) is 53.3 Å². The second-order valence-corrected chi connectivity index (χ2v) is 7.27. The number of pyridine rings is 1. The van der Waals surface area contributed by atoms with Gasteiger partial charge in [-0.3, -0.25) is 4.98 Å². The van der Waals surface area contributed by atoms with Crippen LogP contribution in [-0.2, 0) is 0 Å². The number of benzene rings is 1. The van der Waals surface area contributed by atoms with E-state index in [-0.39, 0.29) is 17.8 Å². The van der Waals surface area contributed by atoms with Gasteiger partial charge in [-0.15, -0.1) is 0 Å². The van der Waals surface area contributed by atoms with E-state index in [0.29, 0.717) is 5.11 Å². The molecule has 2 aromatic heterocycles. The smallest absolute Gasteiger partial charge is 0.169 e. The van der Waals surface area contributed by atoms with Crippen molar-refractivity contribution in [3.8, 4) is 11.4 Å². The van der Waals surface area contributed by atoms with E-state index in [0.717, 1.165) is 22.8 Å². The number of nitrogens with zero attached hydrogens (tertiary/aromatic N) is 3. The molecule has 3 aromatic rings. The molecular weight excluding hydrogens is 356 g/mol. The Balaban J connectivity index is 1.84. The van der Waals surface area contributed by atoms with E-state index in [9.17, 15) is 5.11 Å². The van der Waals surface area contributed by atoms with Crippen LogP contribution in [0.3, 0.4) is 0 Å². The van der Waals surface area contributed by atoms with E-state index in [1.165, 1.54) is 5.56 Å². The van der Waals surface area contributed by atoms with E-state index in [4.69, 9.17) is 12.2 Å². The zero-order chi connectivity index (χ0) is 19.1. The third-order valence-corrected chi connectivity index (χ3v) is 5.66. The summed E-state index contributed by atoms with van der Waals surface area (Å²) < 4.78 is 2.09. The van der Waals surface area contributed by atoms with Crippen LogP contribution in [0.4, 0.5) is 0 Å². The Labute approximate surface area is 164 Å². The molecule has 0 amide bonds. The Kier molecular flexibility index (Phi) is 4.36. The van der Waals surface area contributed by atoms with Crippen molar-refractivity contribution in [2.24, 2.45) is 0 Å². The SMILES string of the molecule is Cc1cc([C@@H]2[C@H](c3ccccn3)NC(=S)N2C)c(C)n1-c1ccccc1O. The van der Waals surface area contributed by atoms with Gasteiger partial charge < -0.3 is 19.9 Å². The highest BCUT2D eigenvalue weighted by Gasteiger charge is 2.39. The largest absolute Gasteiger partial charge is 0.506 e. The number of likely N-dealkylation sites (N-methyl/N-ethyl adjacent to an activating group) is 1. The van der Waals surface area contributed by atoms with Crippen molar-refractivity contribution < 1.29 is 5.11 Å². The van der Waals surface area contributed by atoms with E-state index in [1.54, 1.807) is 12.3 Å². The molecule has 2 N–H and O–H groups in total. The van der Waals surface area contributed by atoms with E-state index < -0.39 is 0 Å². The van der Waals surface area contributed by atoms with Crippen LogP contribution in [0.1, 0.15) is 34.7 Å². The van der Waals surface area contributed by atoms with Crippen LogP contribution in [0.25, 0.3) is 5.69 Å². The van der Waals surface area contributed by atoms with Crippen molar-refractivity contribution in [2.75, 3.05) is 7.05 Å². The molecule has 1 aromatic carbocycles. The van der Waals surface area contributed by atoms with Gasteiger partial charge in [-0.25, -0.2) is 0 Å². The molecule has 0 radical (unpaired) electrons. The first-order chi connectivity index (χ1) is 13.0. The molecule has 3 heterocycles. The molecule has 1 saturated heterocycles. The minimum absolute atomic E-state index is 0.0259. The predicted molar refractivity (Wildman–Crippen MR) is 110 cm³/mol. The number of thiocarbonyl (C=S) groups is 1. The Hall–Kier alpha value is -2.86. The Morgan fingerprint density at radius 2 is 1.85 bits per heavy atom. The molecule has 1 fully saturated rings. The van der Waals surface area contributed by atoms with Crippen molar-refractivity contribution in [1.29, 1.82) is 0 Å². The quantitative estimate of drug-likeness (QED) is 0.679. The minimum atomic E-state index is -0.0259. The molecule has 6 heteroatoms. The number of hydrogen-bond acceptors (Lipinski definition) is 3. The molecule has 138 valence electrons. The van der Waals surface area contributed by atoms with Gasteiger partial charge in [-0.1, -0.05) is 18.2 Å². The summed E-state index contributed by atoms with van der Waals surface area (Å²) in [7, 11) is 2.01. The highest BCUT2D eigenvalue weighted by Crippen LogP contribution is 2.40. The van der Waals surface area contributed by atoms with Gasteiger partial charge in [0.15, 0.2) is 5.11 Å². The number of nitrogens with one attached hydrogen (secondary N) is 1. The summed E-state index contributed by atoms with van der Waals surface area (Å²) in [6.07, 6.45) is 1.81. The molecule has 0 aliphatic carbocycles. The summed E-state index contributed by atoms with van der Waals surface area (Å²) in [4.78, 5) is 6.63. The fourth-order valence-corrected chi connectivity index (χ4v) is 4.20. The average Bonchev–Trinajstić information content (AvgIpc) is 3.12. The Morgan fingerprint density at radius 1 is 1.11 bits per heavy atom. The standard InChI is InChI=1S/C21H22N4OS/c1-13-12-15(14(2)25(13)17-9-4-5-10-18(17)26)20-19(23-21(27)24(20)3)16-8-6-7-11-22-16/h4-12,19-20,26H,1-3H3,(H,23,27)/t19-,20+/m0/s1.